The lowest BCUT2D eigenvalue weighted by Gasteiger charge is -2.26. The molecule has 2 nitrogen and oxygen atoms in total. The maximum Gasteiger partial charge on any atom is 0.0476 e. The van der Waals surface area contributed by atoms with Crippen molar-refractivity contribution in [3.63, 3.8) is 0 Å². The summed E-state index contributed by atoms with van der Waals surface area (Å²) in [5, 5.41) is 2.52. The van der Waals surface area contributed by atoms with Crippen LogP contribution in [-0.2, 0) is 0 Å². The molecule has 0 N–H and O–H groups in total. The van der Waals surface area contributed by atoms with Gasteiger partial charge in [-0.25, -0.2) is 0 Å². The number of anilines is 6. The van der Waals surface area contributed by atoms with E-state index in [1.54, 1.807) is 0 Å². The van der Waals surface area contributed by atoms with Crippen LogP contribution in [0.1, 0.15) is 0 Å². The monoisotopic (exact) mass is 822 g/mol. The van der Waals surface area contributed by atoms with Crippen LogP contribution >= 0.6 is 11.3 Å². The average molecular weight is 823 g/mol. The van der Waals surface area contributed by atoms with Gasteiger partial charge < -0.3 is 9.80 Å². The molecule has 11 rings (SSSR count). The molecule has 0 aliphatic carbocycles. The van der Waals surface area contributed by atoms with Gasteiger partial charge in [0.15, 0.2) is 0 Å². The molecule has 0 saturated carbocycles. The van der Waals surface area contributed by atoms with E-state index in [4.69, 9.17) is 0 Å². The minimum absolute atomic E-state index is 1.11. The highest BCUT2D eigenvalue weighted by molar-refractivity contribution is 7.25. The lowest BCUT2D eigenvalue weighted by atomic mass is 10.0. The van der Waals surface area contributed by atoms with Crippen LogP contribution in [0.3, 0.4) is 0 Å². The first-order chi connectivity index (χ1) is 31.2. The first-order valence-corrected chi connectivity index (χ1v) is 22.2. The molecule has 3 heteroatoms. The van der Waals surface area contributed by atoms with Gasteiger partial charge in [0.2, 0.25) is 0 Å². The van der Waals surface area contributed by atoms with Crippen LogP contribution in [0.25, 0.3) is 64.7 Å². The SMILES string of the molecule is c1ccc(-c2ccc(N(c3ccc(-c4ccccc4)cc3)c3ccc4c(c3)sc3cc(N(c5ccc(-c6ccccc6)cc5)c5ccc(-c6ccccc6)cc5)ccc34)cc2)cc1. The van der Waals surface area contributed by atoms with Crippen LogP contribution in [0.4, 0.5) is 34.1 Å². The van der Waals surface area contributed by atoms with Crippen molar-refractivity contribution in [3.8, 4) is 44.5 Å². The molecule has 63 heavy (non-hydrogen) atoms. The van der Waals surface area contributed by atoms with Gasteiger partial charge in [-0.05, 0) is 117 Å². The number of rotatable bonds is 10. The molecular weight excluding hydrogens is 781 g/mol. The van der Waals surface area contributed by atoms with E-state index in [2.05, 4.69) is 265 Å². The Morgan fingerprint density at radius 1 is 0.206 bits per heavy atom. The van der Waals surface area contributed by atoms with Crippen molar-refractivity contribution in [1.29, 1.82) is 0 Å². The zero-order valence-corrected chi connectivity index (χ0v) is 35.4. The summed E-state index contributed by atoms with van der Waals surface area (Å²) in [7, 11) is 0. The van der Waals surface area contributed by atoms with Crippen molar-refractivity contribution in [3.05, 3.63) is 255 Å². The minimum atomic E-state index is 1.11. The number of benzene rings is 10. The van der Waals surface area contributed by atoms with Crippen LogP contribution in [0.5, 0.6) is 0 Å². The summed E-state index contributed by atoms with van der Waals surface area (Å²) in [6, 6.07) is 91.9. The Labute approximate surface area is 372 Å². The Morgan fingerprint density at radius 3 is 0.683 bits per heavy atom. The summed E-state index contributed by atoms with van der Waals surface area (Å²) < 4.78 is 2.50. The second kappa shape index (κ2) is 16.8. The van der Waals surface area contributed by atoms with Crippen molar-refractivity contribution < 1.29 is 0 Å². The Balaban J connectivity index is 0.986. The molecule has 0 spiro atoms. The van der Waals surface area contributed by atoms with Crippen LogP contribution in [0.15, 0.2) is 255 Å². The maximum absolute atomic E-state index is 2.37. The largest absolute Gasteiger partial charge is 0.310 e. The summed E-state index contributed by atoms with van der Waals surface area (Å²) in [6.45, 7) is 0. The third-order valence-electron chi connectivity index (χ3n) is 11.9. The van der Waals surface area contributed by atoms with Gasteiger partial charge in [-0.15, -0.1) is 11.3 Å². The van der Waals surface area contributed by atoms with Crippen LogP contribution in [0.2, 0.25) is 0 Å². The number of fused-ring (bicyclic) bond motifs is 3. The minimum Gasteiger partial charge on any atom is -0.310 e. The molecule has 298 valence electrons. The molecule has 0 atom stereocenters. The lowest BCUT2D eigenvalue weighted by molar-refractivity contribution is 1.29. The number of hydrogen-bond donors (Lipinski definition) is 0. The summed E-state index contributed by atoms with van der Waals surface area (Å²) in [4.78, 5) is 4.75. The third-order valence-corrected chi connectivity index (χ3v) is 13.0. The van der Waals surface area contributed by atoms with E-state index in [1.165, 1.54) is 64.7 Å². The highest BCUT2D eigenvalue weighted by atomic mass is 32.1. The summed E-state index contributed by atoms with van der Waals surface area (Å²) in [5.41, 5.74) is 16.3. The molecule has 10 aromatic carbocycles. The Kier molecular flexibility index (Phi) is 10.1. The number of nitrogens with zero attached hydrogens (tertiary/aromatic N) is 2. The van der Waals surface area contributed by atoms with E-state index >= 15 is 0 Å². The van der Waals surface area contributed by atoms with E-state index in [-0.39, 0.29) is 0 Å². The first kappa shape index (κ1) is 38.0. The predicted octanol–water partition coefficient (Wildman–Crippen LogP) is 17.7. The molecule has 0 fully saturated rings. The topological polar surface area (TPSA) is 6.48 Å². The second-order valence-corrected chi connectivity index (χ2v) is 16.9. The zero-order chi connectivity index (χ0) is 42.0. The highest BCUT2D eigenvalue weighted by Gasteiger charge is 2.18. The van der Waals surface area contributed by atoms with Gasteiger partial charge in [-0.3, -0.25) is 0 Å². The molecule has 0 bridgehead atoms. The Morgan fingerprint density at radius 2 is 0.429 bits per heavy atom. The fourth-order valence-corrected chi connectivity index (χ4v) is 9.83. The van der Waals surface area contributed by atoms with Gasteiger partial charge in [0.25, 0.3) is 0 Å². The number of thiophene rings is 1. The van der Waals surface area contributed by atoms with Gasteiger partial charge in [-0.2, -0.15) is 0 Å². The van der Waals surface area contributed by atoms with Crippen molar-refractivity contribution >= 4 is 65.6 Å². The first-order valence-electron chi connectivity index (χ1n) is 21.4. The van der Waals surface area contributed by atoms with Crippen molar-refractivity contribution in [1.82, 2.24) is 0 Å². The van der Waals surface area contributed by atoms with Gasteiger partial charge in [0.1, 0.15) is 0 Å². The zero-order valence-electron chi connectivity index (χ0n) is 34.6. The quantitative estimate of drug-likeness (QED) is 0.136. The third kappa shape index (κ3) is 7.67. The van der Waals surface area contributed by atoms with Gasteiger partial charge >= 0.3 is 0 Å². The summed E-state index contributed by atoms with van der Waals surface area (Å²) >= 11 is 1.85. The lowest BCUT2D eigenvalue weighted by Crippen LogP contribution is -2.09. The highest BCUT2D eigenvalue weighted by Crippen LogP contribution is 2.44. The molecule has 0 saturated heterocycles. The molecule has 1 aromatic heterocycles. The fraction of sp³-hybridized carbons (Fsp3) is 0. The Bertz CT molecular complexity index is 2880. The molecule has 0 amide bonds. The predicted molar refractivity (Wildman–Crippen MR) is 270 cm³/mol. The smallest absolute Gasteiger partial charge is 0.0476 e. The maximum atomic E-state index is 2.37. The van der Waals surface area contributed by atoms with E-state index in [1.807, 2.05) is 11.3 Å². The molecule has 1 heterocycles. The van der Waals surface area contributed by atoms with Crippen molar-refractivity contribution in [2.75, 3.05) is 9.80 Å². The van der Waals surface area contributed by atoms with E-state index in [0.29, 0.717) is 0 Å². The van der Waals surface area contributed by atoms with Gasteiger partial charge in [0, 0.05) is 54.3 Å². The Hall–Kier alpha value is -7.98. The van der Waals surface area contributed by atoms with Crippen molar-refractivity contribution in [2.45, 2.75) is 0 Å². The normalized spacial score (nSPS) is 11.2. The van der Waals surface area contributed by atoms with Crippen LogP contribution in [-0.4, -0.2) is 0 Å². The standard InChI is InChI=1S/C60H42N2S/c1-5-13-43(14-6-1)47-21-29-51(30-22-47)61(52-31-23-48(24-32-52)44-15-7-2-8-16-44)55-37-39-57-58-40-38-56(42-60(58)63-59(57)41-55)62(53-33-25-49(26-34-53)45-17-9-3-10-18-45)54-35-27-50(28-36-54)46-19-11-4-12-20-46/h1-42H. The van der Waals surface area contributed by atoms with E-state index in [0.717, 1.165) is 34.1 Å². The van der Waals surface area contributed by atoms with Gasteiger partial charge in [-0.1, -0.05) is 182 Å². The molecule has 0 radical (unpaired) electrons. The molecule has 0 aliphatic rings. The van der Waals surface area contributed by atoms with E-state index in [9.17, 15) is 0 Å². The molecule has 11 aromatic rings. The average Bonchev–Trinajstić information content (AvgIpc) is 3.73. The van der Waals surface area contributed by atoms with Gasteiger partial charge in [0.05, 0.1) is 0 Å². The molecular formula is C60H42N2S. The molecule has 0 unspecified atom stereocenters. The van der Waals surface area contributed by atoms with Crippen molar-refractivity contribution in [2.24, 2.45) is 0 Å². The second-order valence-electron chi connectivity index (χ2n) is 15.8. The van der Waals surface area contributed by atoms with E-state index < -0.39 is 0 Å². The van der Waals surface area contributed by atoms with Crippen LogP contribution < -0.4 is 9.80 Å². The summed E-state index contributed by atoms with van der Waals surface area (Å²) in [6.07, 6.45) is 0. The van der Waals surface area contributed by atoms with Crippen LogP contribution in [0, 0.1) is 0 Å². The fourth-order valence-electron chi connectivity index (χ4n) is 8.66. The molecule has 0 aliphatic heterocycles. The summed E-state index contributed by atoms with van der Waals surface area (Å²) in [5.74, 6) is 0. The number of hydrogen-bond acceptors (Lipinski definition) is 3.